The van der Waals surface area contributed by atoms with E-state index >= 15 is 0 Å². The summed E-state index contributed by atoms with van der Waals surface area (Å²) in [6.45, 7) is 7.64. The summed E-state index contributed by atoms with van der Waals surface area (Å²) in [5.74, 6) is 0.610. The molecular weight excluding hydrogens is 312 g/mol. The number of carbonyl (C=O) groups excluding carboxylic acids is 1. The molecule has 0 saturated carbocycles. The topological polar surface area (TPSA) is 41.6 Å². The SMILES string of the molecule is COC[C@@H]1CCCN(CCC(=O)Nc2c(C)cc(C)cc2Cl)C1. The molecule has 1 aromatic carbocycles. The molecule has 1 aromatic rings. The lowest BCUT2D eigenvalue weighted by molar-refractivity contribution is -0.116. The third kappa shape index (κ3) is 5.48. The molecular formula is C18H27ClN2O2. The third-order valence-corrected chi connectivity index (χ3v) is 4.65. The fourth-order valence-corrected chi connectivity index (χ4v) is 3.63. The molecule has 0 spiro atoms. The monoisotopic (exact) mass is 338 g/mol. The molecule has 1 heterocycles. The number of nitrogens with zero attached hydrogens (tertiary/aromatic N) is 1. The molecule has 5 heteroatoms. The lowest BCUT2D eigenvalue weighted by atomic mass is 9.99. The van der Waals surface area contributed by atoms with Gasteiger partial charge in [0.05, 0.1) is 17.3 Å². The minimum absolute atomic E-state index is 0.0210. The van der Waals surface area contributed by atoms with Gasteiger partial charge in [0.15, 0.2) is 0 Å². The van der Waals surface area contributed by atoms with Gasteiger partial charge in [-0.1, -0.05) is 17.7 Å². The number of rotatable bonds is 6. The molecule has 23 heavy (non-hydrogen) atoms. The molecule has 4 nitrogen and oxygen atoms in total. The van der Waals surface area contributed by atoms with Gasteiger partial charge in [0, 0.05) is 26.6 Å². The van der Waals surface area contributed by atoms with Crippen LogP contribution >= 0.6 is 11.6 Å². The second kappa shape index (κ2) is 8.67. The van der Waals surface area contributed by atoms with Crippen LogP contribution in [0.15, 0.2) is 12.1 Å². The van der Waals surface area contributed by atoms with E-state index in [0.717, 1.165) is 43.1 Å². The van der Waals surface area contributed by atoms with Crippen molar-refractivity contribution in [3.8, 4) is 0 Å². The molecule has 1 fully saturated rings. The number of amides is 1. The Kier molecular flexibility index (Phi) is 6.88. The van der Waals surface area contributed by atoms with Crippen molar-refractivity contribution in [1.29, 1.82) is 0 Å². The zero-order valence-corrected chi connectivity index (χ0v) is 15.1. The number of nitrogens with one attached hydrogen (secondary N) is 1. The number of hydrogen-bond acceptors (Lipinski definition) is 3. The maximum Gasteiger partial charge on any atom is 0.225 e. The first-order chi connectivity index (χ1) is 11.0. The number of likely N-dealkylation sites (tertiary alicyclic amines) is 1. The number of methoxy groups -OCH3 is 1. The Hall–Kier alpha value is -1.10. The molecule has 1 aliphatic rings. The number of aryl methyl sites for hydroxylation is 2. The molecule has 1 atom stereocenters. The van der Waals surface area contributed by atoms with Crippen LogP contribution in [-0.4, -0.2) is 44.2 Å². The van der Waals surface area contributed by atoms with Crippen LogP contribution in [0, 0.1) is 19.8 Å². The summed E-state index contributed by atoms with van der Waals surface area (Å²) in [6, 6.07) is 3.91. The highest BCUT2D eigenvalue weighted by atomic mass is 35.5. The van der Waals surface area contributed by atoms with Crippen LogP contribution in [0.3, 0.4) is 0 Å². The summed E-state index contributed by atoms with van der Waals surface area (Å²) in [6.07, 6.45) is 2.89. The van der Waals surface area contributed by atoms with Crippen molar-refractivity contribution >= 4 is 23.2 Å². The molecule has 2 rings (SSSR count). The minimum Gasteiger partial charge on any atom is -0.384 e. The Morgan fingerprint density at radius 3 is 2.91 bits per heavy atom. The fraction of sp³-hybridized carbons (Fsp3) is 0.611. The number of ether oxygens (including phenoxy) is 1. The Balaban J connectivity index is 1.84. The van der Waals surface area contributed by atoms with E-state index in [0.29, 0.717) is 17.4 Å². The standard InChI is InChI=1S/C18H27ClN2O2/c1-13-9-14(2)18(16(19)10-13)20-17(22)6-8-21-7-4-5-15(11-21)12-23-3/h9-10,15H,4-8,11-12H2,1-3H3,(H,20,22)/t15-/m1/s1. The average molecular weight is 339 g/mol. The van der Waals surface area contributed by atoms with E-state index in [-0.39, 0.29) is 5.91 Å². The van der Waals surface area contributed by atoms with E-state index < -0.39 is 0 Å². The van der Waals surface area contributed by atoms with Gasteiger partial charge in [-0.05, 0) is 56.3 Å². The number of hydrogen-bond donors (Lipinski definition) is 1. The number of halogens is 1. The van der Waals surface area contributed by atoms with E-state index in [4.69, 9.17) is 16.3 Å². The van der Waals surface area contributed by atoms with Gasteiger partial charge >= 0.3 is 0 Å². The van der Waals surface area contributed by atoms with Crippen molar-refractivity contribution in [1.82, 2.24) is 4.90 Å². The normalized spacial score (nSPS) is 18.9. The van der Waals surface area contributed by atoms with Crippen molar-refractivity contribution in [3.63, 3.8) is 0 Å². The zero-order valence-electron chi connectivity index (χ0n) is 14.3. The van der Waals surface area contributed by atoms with Gasteiger partial charge in [0.1, 0.15) is 0 Å². The number of carbonyl (C=O) groups is 1. The summed E-state index contributed by atoms with van der Waals surface area (Å²) < 4.78 is 5.25. The molecule has 1 aliphatic heterocycles. The molecule has 0 aromatic heterocycles. The first kappa shape index (κ1) is 18.2. The Morgan fingerprint density at radius 2 is 2.22 bits per heavy atom. The largest absolute Gasteiger partial charge is 0.384 e. The van der Waals surface area contributed by atoms with Crippen LogP contribution in [0.5, 0.6) is 0 Å². The highest BCUT2D eigenvalue weighted by Gasteiger charge is 2.20. The second-order valence-corrected chi connectivity index (χ2v) is 6.91. The second-order valence-electron chi connectivity index (χ2n) is 6.50. The Labute approximate surface area is 144 Å². The van der Waals surface area contributed by atoms with Crippen molar-refractivity contribution in [2.45, 2.75) is 33.1 Å². The quantitative estimate of drug-likeness (QED) is 0.861. The van der Waals surface area contributed by atoms with Crippen LogP contribution in [-0.2, 0) is 9.53 Å². The first-order valence-corrected chi connectivity index (χ1v) is 8.65. The Bertz CT molecular complexity index is 523. The first-order valence-electron chi connectivity index (χ1n) is 8.27. The predicted molar refractivity (Wildman–Crippen MR) is 95.2 cm³/mol. The van der Waals surface area contributed by atoms with Crippen molar-refractivity contribution < 1.29 is 9.53 Å². The lowest BCUT2D eigenvalue weighted by Gasteiger charge is -2.32. The number of benzene rings is 1. The predicted octanol–water partition coefficient (Wildman–Crippen LogP) is 3.64. The lowest BCUT2D eigenvalue weighted by Crippen LogP contribution is -2.38. The van der Waals surface area contributed by atoms with Crippen molar-refractivity contribution in [3.05, 3.63) is 28.3 Å². The smallest absolute Gasteiger partial charge is 0.225 e. The molecule has 1 amide bonds. The van der Waals surface area contributed by atoms with Gasteiger partial charge in [-0.15, -0.1) is 0 Å². The maximum absolute atomic E-state index is 12.2. The highest BCUT2D eigenvalue weighted by molar-refractivity contribution is 6.34. The van der Waals surface area contributed by atoms with Crippen LogP contribution in [0.4, 0.5) is 5.69 Å². The molecule has 0 unspecified atom stereocenters. The summed E-state index contributed by atoms with van der Waals surface area (Å²) in [5, 5.41) is 3.56. The van der Waals surface area contributed by atoms with Crippen LogP contribution in [0.2, 0.25) is 5.02 Å². The van der Waals surface area contributed by atoms with E-state index in [1.165, 1.54) is 12.8 Å². The van der Waals surface area contributed by atoms with Gasteiger partial charge in [0.25, 0.3) is 0 Å². The van der Waals surface area contributed by atoms with E-state index in [9.17, 15) is 4.79 Å². The van der Waals surface area contributed by atoms with Gasteiger partial charge in [-0.2, -0.15) is 0 Å². The van der Waals surface area contributed by atoms with E-state index in [1.54, 1.807) is 7.11 Å². The van der Waals surface area contributed by atoms with Crippen molar-refractivity contribution in [2.24, 2.45) is 5.92 Å². The molecule has 0 aliphatic carbocycles. The zero-order chi connectivity index (χ0) is 16.8. The summed E-state index contributed by atoms with van der Waals surface area (Å²) in [4.78, 5) is 14.6. The summed E-state index contributed by atoms with van der Waals surface area (Å²) in [5.41, 5.74) is 2.84. The summed E-state index contributed by atoms with van der Waals surface area (Å²) in [7, 11) is 1.75. The minimum atomic E-state index is 0.0210. The molecule has 0 bridgehead atoms. The highest BCUT2D eigenvalue weighted by Crippen LogP contribution is 2.27. The van der Waals surface area contributed by atoms with Gasteiger partial charge < -0.3 is 15.0 Å². The Morgan fingerprint density at radius 1 is 1.43 bits per heavy atom. The number of piperidine rings is 1. The average Bonchev–Trinajstić information content (AvgIpc) is 2.49. The molecule has 1 N–H and O–H groups in total. The molecule has 128 valence electrons. The van der Waals surface area contributed by atoms with E-state index in [1.807, 2.05) is 26.0 Å². The molecule has 1 saturated heterocycles. The van der Waals surface area contributed by atoms with Crippen LogP contribution in [0.1, 0.15) is 30.4 Å². The van der Waals surface area contributed by atoms with Crippen LogP contribution < -0.4 is 5.32 Å². The van der Waals surface area contributed by atoms with Gasteiger partial charge in [-0.3, -0.25) is 4.79 Å². The molecule has 0 radical (unpaired) electrons. The van der Waals surface area contributed by atoms with Crippen molar-refractivity contribution in [2.75, 3.05) is 38.7 Å². The number of anilines is 1. The maximum atomic E-state index is 12.2. The van der Waals surface area contributed by atoms with Gasteiger partial charge in [-0.25, -0.2) is 0 Å². The fourth-order valence-electron chi connectivity index (χ4n) is 3.26. The van der Waals surface area contributed by atoms with Gasteiger partial charge in [0.2, 0.25) is 5.91 Å². The van der Waals surface area contributed by atoms with Crippen LogP contribution in [0.25, 0.3) is 0 Å². The third-order valence-electron chi connectivity index (χ3n) is 4.36. The summed E-state index contributed by atoms with van der Waals surface area (Å²) >= 11 is 6.24. The van der Waals surface area contributed by atoms with E-state index in [2.05, 4.69) is 10.2 Å².